The molecule has 0 aliphatic carbocycles. The van der Waals surface area contributed by atoms with Crippen molar-refractivity contribution in [2.75, 3.05) is 19.6 Å². The molecule has 7 rings (SSSR count). The van der Waals surface area contributed by atoms with Crippen LogP contribution in [-0.2, 0) is 22.7 Å². The van der Waals surface area contributed by atoms with Gasteiger partial charge in [0.2, 0.25) is 0 Å². The monoisotopic (exact) mass is 610 g/mol. The predicted molar refractivity (Wildman–Crippen MR) is 149 cm³/mol. The van der Waals surface area contributed by atoms with Crippen LogP contribution in [0.4, 0.5) is 22.4 Å². The molecule has 6 heterocycles. The van der Waals surface area contributed by atoms with Gasteiger partial charge in [0.25, 0.3) is 11.8 Å². The average Bonchev–Trinajstić information content (AvgIpc) is 3.61. The number of nitrogens with zero attached hydrogens (tertiary/aromatic N) is 5. The maximum atomic E-state index is 15.1. The molecule has 4 amide bonds. The highest BCUT2D eigenvalue weighted by atomic mass is 19.4. The quantitative estimate of drug-likeness (QED) is 0.272. The highest BCUT2D eigenvalue weighted by molar-refractivity contribution is 6.49. The van der Waals surface area contributed by atoms with E-state index in [2.05, 4.69) is 10.3 Å². The molecule has 3 aliphatic rings. The van der Waals surface area contributed by atoms with E-state index in [0.717, 1.165) is 0 Å². The number of pyridine rings is 1. The van der Waals surface area contributed by atoms with Gasteiger partial charge in [-0.05, 0) is 48.6 Å². The number of nitrogens with one attached hydrogen (secondary N) is 1. The zero-order chi connectivity index (χ0) is 30.9. The minimum atomic E-state index is -4.72. The molecule has 1 fully saturated rings. The number of benzene rings is 1. The van der Waals surface area contributed by atoms with Crippen molar-refractivity contribution in [3.05, 3.63) is 71.6 Å². The van der Waals surface area contributed by atoms with Gasteiger partial charge in [0, 0.05) is 56.1 Å². The number of imide groups is 1. The number of aliphatic hydroxyl groups is 1. The van der Waals surface area contributed by atoms with Crippen LogP contribution < -0.4 is 5.32 Å². The summed E-state index contributed by atoms with van der Waals surface area (Å²) in [4.78, 5) is 47.0. The van der Waals surface area contributed by atoms with Crippen LogP contribution in [0.2, 0.25) is 0 Å². The van der Waals surface area contributed by atoms with Gasteiger partial charge in [0.1, 0.15) is 11.5 Å². The van der Waals surface area contributed by atoms with Gasteiger partial charge in [-0.25, -0.2) is 14.2 Å². The lowest BCUT2D eigenvalue weighted by Crippen LogP contribution is -2.49. The summed E-state index contributed by atoms with van der Waals surface area (Å²) in [7, 11) is 0. The molecule has 0 saturated carbocycles. The third kappa shape index (κ3) is 4.51. The number of piperidine rings is 1. The lowest BCUT2D eigenvalue weighted by atomic mass is 9.91. The molecular weight excluding hydrogens is 584 g/mol. The molecule has 0 spiro atoms. The van der Waals surface area contributed by atoms with E-state index in [0.29, 0.717) is 33.4 Å². The molecule has 228 valence electrons. The molecule has 1 unspecified atom stereocenters. The maximum absolute atomic E-state index is 15.1. The highest BCUT2D eigenvalue weighted by Crippen LogP contribution is 2.39. The average molecular weight is 611 g/mol. The minimum Gasteiger partial charge on any atom is -0.383 e. The van der Waals surface area contributed by atoms with E-state index in [1.54, 1.807) is 35.0 Å². The maximum Gasteiger partial charge on any atom is 0.414 e. The van der Waals surface area contributed by atoms with Crippen molar-refractivity contribution < 1.29 is 37.1 Å². The molecule has 2 N–H and O–H groups in total. The van der Waals surface area contributed by atoms with Crippen LogP contribution in [0.5, 0.6) is 0 Å². The fourth-order valence-electron chi connectivity index (χ4n) is 6.61. The minimum absolute atomic E-state index is 0.0124. The Kier molecular flexibility index (Phi) is 6.50. The summed E-state index contributed by atoms with van der Waals surface area (Å²) in [5.74, 6) is -2.79. The van der Waals surface area contributed by atoms with Gasteiger partial charge >= 0.3 is 12.2 Å². The normalized spacial score (nSPS) is 18.8. The predicted octanol–water partition coefficient (Wildman–Crippen LogP) is 3.57. The third-order valence-electron chi connectivity index (χ3n) is 8.72. The van der Waals surface area contributed by atoms with Crippen LogP contribution >= 0.6 is 0 Å². The molecule has 3 aliphatic heterocycles. The molecule has 1 aromatic carbocycles. The van der Waals surface area contributed by atoms with E-state index in [9.17, 15) is 32.7 Å². The van der Waals surface area contributed by atoms with E-state index in [4.69, 9.17) is 0 Å². The number of carbonyl (C=O) groups is 3. The fourth-order valence-corrected chi connectivity index (χ4v) is 6.61. The summed E-state index contributed by atoms with van der Waals surface area (Å²) in [5.41, 5.74) is 2.67. The van der Waals surface area contributed by atoms with Crippen LogP contribution in [0, 0.1) is 11.7 Å². The van der Waals surface area contributed by atoms with Gasteiger partial charge in [-0.2, -0.15) is 13.2 Å². The van der Waals surface area contributed by atoms with Crippen LogP contribution in [-0.4, -0.2) is 78.6 Å². The number of alkyl halides is 3. The van der Waals surface area contributed by atoms with E-state index >= 15 is 4.39 Å². The van der Waals surface area contributed by atoms with E-state index in [1.807, 2.05) is 4.57 Å². The number of likely N-dealkylation sites (tertiary alicyclic amines) is 1. The van der Waals surface area contributed by atoms with Gasteiger partial charge in [0.05, 0.1) is 28.6 Å². The van der Waals surface area contributed by atoms with Gasteiger partial charge in [-0.15, -0.1) is 0 Å². The number of hydrogen-bond donors (Lipinski definition) is 2. The summed E-state index contributed by atoms with van der Waals surface area (Å²) in [6.07, 6.45) is -2.21. The summed E-state index contributed by atoms with van der Waals surface area (Å²) in [6, 6.07) is 7.57. The van der Waals surface area contributed by atoms with Gasteiger partial charge < -0.3 is 19.5 Å². The summed E-state index contributed by atoms with van der Waals surface area (Å²) in [5, 5.41) is 12.4. The van der Waals surface area contributed by atoms with Crippen molar-refractivity contribution >= 4 is 45.5 Å². The SMILES string of the molecule is O=C1NC(=O)C(c2cnc3ccccn23)=C1c1cn2c3c(cc(F)cc13)CN(C(=O)N1CCC(C(O)C(F)(F)F)CC1)CC2. The smallest absolute Gasteiger partial charge is 0.383 e. The Morgan fingerprint density at radius 2 is 1.77 bits per heavy atom. The summed E-state index contributed by atoms with van der Waals surface area (Å²) >= 11 is 0. The first kappa shape index (κ1) is 28.1. The summed E-state index contributed by atoms with van der Waals surface area (Å²) < 4.78 is 57.6. The summed E-state index contributed by atoms with van der Waals surface area (Å²) in [6.45, 7) is 0.661. The van der Waals surface area contributed by atoms with Gasteiger partial charge in [0.15, 0.2) is 6.10 Å². The van der Waals surface area contributed by atoms with Crippen molar-refractivity contribution in [2.24, 2.45) is 5.92 Å². The second kappa shape index (κ2) is 10.2. The molecule has 14 heteroatoms. The van der Waals surface area contributed by atoms with Crippen molar-refractivity contribution in [2.45, 2.75) is 38.2 Å². The zero-order valence-corrected chi connectivity index (χ0v) is 23.1. The Morgan fingerprint density at radius 3 is 2.52 bits per heavy atom. The zero-order valence-electron chi connectivity index (χ0n) is 23.1. The van der Waals surface area contributed by atoms with Crippen LogP contribution in [0.1, 0.15) is 29.7 Å². The van der Waals surface area contributed by atoms with Crippen molar-refractivity contribution in [1.82, 2.24) is 29.1 Å². The van der Waals surface area contributed by atoms with Crippen molar-refractivity contribution in [3.8, 4) is 0 Å². The second-order valence-corrected chi connectivity index (χ2v) is 11.3. The lowest BCUT2D eigenvalue weighted by molar-refractivity contribution is -0.222. The second-order valence-electron chi connectivity index (χ2n) is 11.3. The third-order valence-corrected chi connectivity index (χ3v) is 8.72. The number of carbonyl (C=O) groups excluding carboxylic acids is 3. The number of hydrogen-bond acceptors (Lipinski definition) is 5. The number of amides is 4. The Balaban J connectivity index is 1.22. The Hall–Kier alpha value is -4.72. The van der Waals surface area contributed by atoms with E-state index in [1.165, 1.54) is 28.1 Å². The molecule has 1 atom stereocenters. The number of rotatable bonds is 3. The molecule has 10 nitrogen and oxygen atoms in total. The van der Waals surface area contributed by atoms with Gasteiger partial charge in [-0.1, -0.05) is 6.07 Å². The van der Waals surface area contributed by atoms with Crippen molar-refractivity contribution in [3.63, 3.8) is 0 Å². The largest absolute Gasteiger partial charge is 0.414 e. The first-order valence-electron chi connectivity index (χ1n) is 14.1. The Bertz CT molecular complexity index is 1890. The van der Waals surface area contributed by atoms with Crippen molar-refractivity contribution in [1.29, 1.82) is 0 Å². The molecule has 1 saturated heterocycles. The molecule has 44 heavy (non-hydrogen) atoms. The lowest BCUT2D eigenvalue weighted by Gasteiger charge is -2.37. The number of urea groups is 1. The first-order valence-corrected chi connectivity index (χ1v) is 14.1. The number of imidazole rings is 1. The molecular formula is C30H26F4N6O4. The molecule has 3 aromatic heterocycles. The number of halogens is 4. The standard InChI is InChI=1S/C30H26F4N6O4/c31-18-11-17-14-39(29(44)37-7-4-16(5-8-37)26(41)30(32,33)34)10-9-38-15-20(19(12-18)25(17)38)23-24(28(43)36-27(23)42)21-13-35-22-3-1-2-6-40(21)22/h1-3,6,11-13,15-16,26,41H,4-5,7-10,14H2,(H,36,42,43). The highest BCUT2D eigenvalue weighted by Gasteiger charge is 2.45. The molecule has 4 aromatic rings. The number of aromatic nitrogens is 3. The Morgan fingerprint density at radius 1 is 1.02 bits per heavy atom. The Labute approximate surface area is 247 Å². The topological polar surface area (TPSA) is 112 Å². The van der Waals surface area contributed by atoms with Gasteiger partial charge in [-0.3, -0.25) is 19.3 Å². The molecule has 0 radical (unpaired) electrons. The van der Waals surface area contributed by atoms with Crippen LogP contribution in [0.25, 0.3) is 27.7 Å². The van der Waals surface area contributed by atoms with E-state index in [-0.39, 0.29) is 62.7 Å². The first-order chi connectivity index (χ1) is 21.0. The van der Waals surface area contributed by atoms with Crippen LogP contribution in [0.15, 0.2) is 48.9 Å². The number of fused-ring (bicyclic) bond motifs is 1. The van der Waals surface area contributed by atoms with E-state index < -0.39 is 35.8 Å². The van der Waals surface area contributed by atoms with Crippen LogP contribution in [0.3, 0.4) is 0 Å². The fraction of sp³-hybridized carbons (Fsp3) is 0.333. The molecule has 0 bridgehead atoms. The number of aliphatic hydroxyl groups excluding tert-OH is 1.